The van der Waals surface area contributed by atoms with Gasteiger partial charge in [-0.25, -0.2) is 0 Å². The molecule has 0 fully saturated rings. The smallest absolute Gasteiger partial charge is 0.0701 e. The fourth-order valence-corrected chi connectivity index (χ4v) is 1.99. The molecular weight excluding hydrogens is 266 g/mol. The van der Waals surface area contributed by atoms with Gasteiger partial charge in [0.25, 0.3) is 0 Å². The van der Waals surface area contributed by atoms with Gasteiger partial charge in [0.05, 0.1) is 5.69 Å². The summed E-state index contributed by atoms with van der Waals surface area (Å²) in [5, 5.41) is 0. The summed E-state index contributed by atoms with van der Waals surface area (Å²) in [6.07, 6.45) is 7.92. The molecule has 1 aromatic heterocycles. The van der Waals surface area contributed by atoms with Crippen LogP contribution in [-0.4, -0.2) is 4.98 Å². The molecule has 0 saturated heterocycles. The van der Waals surface area contributed by atoms with E-state index in [0.29, 0.717) is 0 Å². The van der Waals surface area contributed by atoms with E-state index >= 15 is 0 Å². The van der Waals surface area contributed by atoms with Crippen LogP contribution in [0.5, 0.6) is 0 Å². The number of nitrogens with zero attached hydrogens (tertiary/aromatic N) is 1. The normalized spacial score (nSPS) is 11.6. The first-order chi connectivity index (χ1) is 10.6. The highest BCUT2D eigenvalue weighted by Crippen LogP contribution is 2.24. The zero-order valence-electron chi connectivity index (χ0n) is 13.2. The molecule has 0 bridgehead atoms. The lowest BCUT2D eigenvalue weighted by Crippen LogP contribution is -1.87. The van der Waals surface area contributed by atoms with Crippen LogP contribution in [0.3, 0.4) is 0 Å². The van der Waals surface area contributed by atoms with Crippen molar-refractivity contribution in [2.24, 2.45) is 0 Å². The molecule has 1 nitrogen and oxygen atoms in total. The van der Waals surface area contributed by atoms with E-state index in [-0.39, 0.29) is 0 Å². The van der Waals surface area contributed by atoms with Crippen molar-refractivity contribution in [1.82, 2.24) is 4.98 Å². The summed E-state index contributed by atoms with van der Waals surface area (Å²) in [4.78, 5) is 4.36. The van der Waals surface area contributed by atoms with Crippen LogP contribution in [-0.2, 0) is 0 Å². The van der Waals surface area contributed by atoms with E-state index < -0.39 is 0 Å². The Morgan fingerprint density at radius 2 is 1.73 bits per heavy atom. The van der Waals surface area contributed by atoms with Crippen LogP contribution in [0, 0.1) is 0 Å². The van der Waals surface area contributed by atoms with Crippen molar-refractivity contribution in [2.75, 3.05) is 0 Å². The summed E-state index contributed by atoms with van der Waals surface area (Å²) in [6, 6.07) is 14.2. The van der Waals surface area contributed by atoms with Crippen molar-refractivity contribution in [3.8, 4) is 11.3 Å². The molecule has 0 aliphatic rings. The SMILES string of the molecule is C=C(/C=C\C(C)=C\C)C(=C)c1ccc(-c2ccccn2)cc1. The second-order valence-electron chi connectivity index (χ2n) is 5.16. The third kappa shape index (κ3) is 3.92. The van der Waals surface area contributed by atoms with Crippen molar-refractivity contribution < 1.29 is 0 Å². The molecule has 1 heteroatoms. The van der Waals surface area contributed by atoms with Crippen LogP contribution in [0.15, 0.2) is 91.2 Å². The number of aromatic nitrogens is 1. The van der Waals surface area contributed by atoms with Gasteiger partial charge in [0.2, 0.25) is 0 Å². The van der Waals surface area contributed by atoms with Gasteiger partial charge in [0.15, 0.2) is 0 Å². The lowest BCUT2D eigenvalue weighted by atomic mass is 9.98. The number of pyridine rings is 1. The first-order valence-electron chi connectivity index (χ1n) is 7.33. The molecule has 0 unspecified atom stereocenters. The van der Waals surface area contributed by atoms with Gasteiger partial charge in [0, 0.05) is 11.8 Å². The molecule has 1 aromatic carbocycles. The molecule has 22 heavy (non-hydrogen) atoms. The number of hydrogen-bond donors (Lipinski definition) is 0. The van der Waals surface area contributed by atoms with Crippen molar-refractivity contribution in [3.05, 3.63) is 96.8 Å². The second-order valence-corrected chi connectivity index (χ2v) is 5.16. The third-order valence-electron chi connectivity index (χ3n) is 3.58. The van der Waals surface area contributed by atoms with Gasteiger partial charge in [-0.05, 0) is 42.7 Å². The maximum absolute atomic E-state index is 4.36. The van der Waals surface area contributed by atoms with E-state index in [2.05, 4.69) is 61.5 Å². The van der Waals surface area contributed by atoms with Crippen LogP contribution >= 0.6 is 0 Å². The van der Waals surface area contributed by atoms with Gasteiger partial charge >= 0.3 is 0 Å². The summed E-state index contributed by atoms with van der Waals surface area (Å²) < 4.78 is 0. The van der Waals surface area contributed by atoms with Gasteiger partial charge in [0.1, 0.15) is 0 Å². The largest absolute Gasteiger partial charge is 0.256 e. The monoisotopic (exact) mass is 287 g/mol. The molecule has 0 aliphatic heterocycles. The Labute approximate surface area is 133 Å². The Kier molecular flexibility index (Phi) is 5.26. The average Bonchev–Trinajstić information content (AvgIpc) is 2.59. The number of hydrogen-bond acceptors (Lipinski definition) is 1. The van der Waals surface area contributed by atoms with Crippen LogP contribution in [0.4, 0.5) is 0 Å². The highest BCUT2D eigenvalue weighted by Gasteiger charge is 2.03. The van der Waals surface area contributed by atoms with E-state index in [0.717, 1.165) is 28.0 Å². The van der Waals surface area contributed by atoms with Crippen LogP contribution < -0.4 is 0 Å². The molecule has 1 heterocycles. The van der Waals surface area contributed by atoms with Crippen LogP contribution in [0.2, 0.25) is 0 Å². The maximum Gasteiger partial charge on any atom is 0.0701 e. The van der Waals surface area contributed by atoms with E-state index in [9.17, 15) is 0 Å². The molecule has 0 saturated carbocycles. The topological polar surface area (TPSA) is 12.9 Å². The summed E-state index contributed by atoms with van der Waals surface area (Å²) in [5.41, 5.74) is 6.22. The molecule has 0 spiro atoms. The Morgan fingerprint density at radius 3 is 2.32 bits per heavy atom. The third-order valence-corrected chi connectivity index (χ3v) is 3.58. The van der Waals surface area contributed by atoms with Crippen molar-refractivity contribution in [1.29, 1.82) is 0 Å². The van der Waals surface area contributed by atoms with Gasteiger partial charge in [-0.2, -0.15) is 0 Å². The molecule has 2 aromatic rings. The first kappa shape index (κ1) is 15.7. The highest BCUT2D eigenvalue weighted by atomic mass is 14.7. The Balaban J connectivity index is 2.15. The molecular formula is C21H21N. The Morgan fingerprint density at radius 1 is 1.00 bits per heavy atom. The second kappa shape index (κ2) is 7.37. The zero-order valence-corrected chi connectivity index (χ0v) is 13.2. The van der Waals surface area contributed by atoms with E-state index in [1.807, 2.05) is 31.2 Å². The highest BCUT2D eigenvalue weighted by molar-refractivity contribution is 5.80. The molecule has 0 atom stereocenters. The molecule has 110 valence electrons. The average molecular weight is 287 g/mol. The lowest BCUT2D eigenvalue weighted by Gasteiger charge is -2.07. The molecule has 2 rings (SSSR count). The molecule has 0 amide bonds. The fraction of sp³-hybridized carbons (Fsp3) is 0.0952. The Bertz CT molecular complexity index is 716. The number of rotatable bonds is 5. The molecule has 0 aliphatic carbocycles. The van der Waals surface area contributed by atoms with Gasteiger partial charge in [-0.15, -0.1) is 0 Å². The predicted molar refractivity (Wildman–Crippen MR) is 96.4 cm³/mol. The van der Waals surface area contributed by atoms with E-state index in [4.69, 9.17) is 0 Å². The molecule has 0 N–H and O–H groups in total. The van der Waals surface area contributed by atoms with Crippen molar-refractivity contribution >= 4 is 5.57 Å². The van der Waals surface area contributed by atoms with Gasteiger partial charge in [-0.1, -0.05) is 67.3 Å². The predicted octanol–water partition coefficient (Wildman–Crippen LogP) is 5.84. The lowest BCUT2D eigenvalue weighted by molar-refractivity contribution is 1.32. The standard InChI is InChI=1S/C21H21N/c1-5-16(2)9-10-17(3)18(4)19-11-13-20(14-12-19)21-8-6-7-15-22-21/h5-15H,3-4H2,1-2H3/b10-9-,16-5+. The van der Waals surface area contributed by atoms with E-state index in [1.165, 1.54) is 5.57 Å². The minimum absolute atomic E-state index is 0.923. The van der Waals surface area contributed by atoms with Gasteiger partial charge in [-0.3, -0.25) is 4.98 Å². The summed E-state index contributed by atoms with van der Waals surface area (Å²) in [5.74, 6) is 0. The minimum Gasteiger partial charge on any atom is -0.256 e. The maximum atomic E-state index is 4.36. The number of allylic oxidation sites excluding steroid dienone is 6. The van der Waals surface area contributed by atoms with Crippen molar-refractivity contribution in [2.45, 2.75) is 13.8 Å². The Hall–Kier alpha value is -2.67. The van der Waals surface area contributed by atoms with E-state index in [1.54, 1.807) is 6.20 Å². The van der Waals surface area contributed by atoms with Crippen LogP contribution in [0.25, 0.3) is 16.8 Å². The summed E-state index contributed by atoms with van der Waals surface area (Å²) >= 11 is 0. The minimum atomic E-state index is 0.923. The number of benzene rings is 1. The summed E-state index contributed by atoms with van der Waals surface area (Å²) in [6.45, 7) is 12.3. The first-order valence-corrected chi connectivity index (χ1v) is 7.33. The fourth-order valence-electron chi connectivity index (χ4n) is 1.99. The molecule has 0 radical (unpaired) electrons. The zero-order chi connectivity index (χ0) is 15.9. The van der Waals surface area contributed by atoms with Crippen LogP contribution in [0.1, 0.15) is 19.4 Å². The quantitative estimate of drug-likeness (QED) is 0.629. The summed E-state index contributed by atoms with van der Waals surface area (Å²) in [7, 11) is 0. The van der Waals surface area contributed by atoms with Crippen molar-refractivity contribution in [3.63, 3.8) is 0 Å². The van der Waals surface area contributed by atoms with Gasteiger partial charge < -0.3 is 0 Å².